The fraction of sp³-hybridized carbons (Fsp3) is 0.300. The molecule has 0 radical (unpaired) electrons. The topological polar surface area (TPSA) is 29.1 Å². The maximum Gasteiger partial charge on any atom is 0.182 e. The van der Waals surface area contributed by atoms with Crippen LogP contribution in [0.25, 0.3) is 0 Å². The molecule has 0 heterocycles. The van der Waals surface area contributed by atoms with E-state index < -0.39 is 23.0 Å². The number of likely N-dealkylation sites (N-methyl/N-ethyl adjacent to an activating group) is 1. The second kappa shape index (κ2) is 4.68. The fourth-order valence-corrected chi connectivity index (χ4v) is 1.48. The van der Waals surface area contributed by atoms with Crippen molar-refractivity contribution < 1.29 is 13.6 Å². The van der Waals surface area contributed by atoms with Gasteiger partial charge in [-0.25, -0.2) is 8.78 Å². The third-order valence-corrected chi connectivity index (χ3v) is 2.23. The number of nitrogens with one attached hydrogen (secondary N) is 1. The van der Waals surface area contributed by atoms with Crippen molar-refractivity contribution in [3.8, 4) is 0 Å². The summed E-state index contributed by atoms with van der Waals surface area (Å²) >= 11 is 5.52. The molecule has 0 saturated carbocycles. The van der Waals surface area contributed by atoms with Gasteiger partial charge >= 0.3 is 0 Å². The van der Waals surface area contributed by atoms with Gasteiger partial charge in [0.05, 0.1) is 17.1 Å². The predicted molar refractivity (Wildman–Crippen MR) is 54.4 cm³/mol. The summed E-state index contributed by atoms with van der Waals surface area (Å²) in [4.78, 5) is 11.4. The van der Waals surface area contributed by atoms with Gasteiger partial charge in [0.1, 0.15) is 5.82 Å². The molecule has 0 amide bonds. The highest BCUT2D eigenvalue weighted by atomic mass is 35.5. The molecular weight excluding hydrogens is 224 g/mol. The molecule has 1 N–H and O–H groups in total. The third-order valence-electron chi connectivity index (χ3n) is 1.95. The first-order valence-electron chi connectivity index (χ1n) is 4.31. The Balaban J connectivity index is 3.32. The lowest BCUT2D eigenvalue weighted by atomic mass is 10.1. The Bertz CT molecular complexity index is 381. The summed E-state index contributed by atoms with van der Waals surface area (Å²) in [5, 5.41) is 2.29. The number of carbonyl (C=O) groups is 1. The van der Waals surface area contributed by atoms with Crippen LogP contribution in [0, 0.1) is 18.6 Å². The average molecular weight is 234 g/mol. The zero-order valence-corrected chi connectivity index (χ0v) is 9.08. The van der Waals surface area contributed by atoms with Gasteiger partial charge in [-0.15, -0.1) is 0 Å². The van der Waals surface area contributed by atoms with Crippen LogP contribution in [-0.2, 0) is 0 Å². The standard InChI is InChI=1S/C10H10ClF2NO/c1-5-3-6(11)10(13)8(9(5)12)7(15)4-14-2/h3,14H,4H2,1-2H3. The van der Waals surface area contributed by atoms with Crippen molar-refractivity contribution in [2.75, 3.05) is 13.6 Å². The molecule has 0 saturated heterocycles. The Hall–Kier alpha value is -1.000. The number of ketones is 1. The summed E-state index contributed by atoms with van der Waals surface area (Å²) in [5.74, 6) is -2.50. The van der Waals surface area contributed by atoms with Crippen LogP contribution >= 0.6 is 11.6 Å². The van der Waals surface area contributed by atoms with Crippen LogP contribution in [0.15, 0.2) is 6.07 Å². The van der Waals surface area contributed by atoms with Crippen LogP contribution in [0.2, 0.25) is 5.02 Å². The van der Waals surface area contributed by atoms with Crippen molar-refractivity contribution >= 4 is 17.4 Å². The van der Waals surface area contributed by atoms with Crippen molar-refractivity contribution in [2.45, 2.75) is 6.92 Å². The highest BCUT2D eigenvalue weighted by Crippen LogP contribution is 2.24. The van der Waals surface area contributed by atoms with Crippen LogP contribution < -0.4 is 5.32 Å². The van der Waals surface area contributed by atoms with Gasteiger partial charge in [0.25, 0.3) is 0 Å². The van der Waals surface area contributed by atoms with Crippen LogP contribution in [0.4, 0.5) is 8.78 Å². The molecule has 0 aliphatic heterocycles. The fourth-order valence-electron chi connectivity index (χ4n) is 1.22. The second-order valence-electron chi connectivity index (χ2n) is 3.13. The van der Waals surface area contributed by atoms with E-state index in [0.717, 1.165) is 6.07 Å². The van der Waals surface area contributed by atoms with Crippen LogP contribution in [0.5, 0.6) is 0 Å². The summed E-state index contributed by atoms with van der Waals surface area (Å²) in [7, 11) is 1.52. The molecule has 0 atom stereocenters. The first-order chi connectivity index (χ1) is 6.99. The van der Waals surface area contributed by atoms with Gasteiger partial charge in [-0.3, -0.25) is 4.79 Å². The zero-order chi connectivity index (χ0) is 11.6. The first-order valence-corrected chi connectivity index (χ1v) is 4.68. The molecule has 0 spiro atoms. The van der Waals surface area contributed by atoms with Crippen molar-refractivity contribution in [1.82, 2.24) is 5.32 Å². The molecule has 0 aliphatic carbocycles. The Morgan fingerprint density at radius 1 is 1.47 bits per heavy atom. The normalized spacial score (nSPS) is 10.5. The number of carbonyl (C=O) groups excluding carboxylic acids is 1. The number of halogens is 3. The zero-order valence-electron chi connectivity index (χ0n) is 8.33. The number of hydrogen-bond acceptors (Lipinski definition) is 2. The smallest absolute Gasteiger partial charge is 0.182 e. The average Bonchev–Trinajstić information content (AvgIpc) is 2.16. The third kappa shape index (κ3) is 2.33. The minimum atomic E-state index is -1.000. The number of benzene rings is 1. The van der Waals surface area contributed by atoms with E-state index in [-0.39, 0.29) is 17.1 Å². The van der Waals surface area contributed by atoms with E-state index in [1.54, 1.807) is 0 Å². The van der Waals surface area contributed by atoms with Gasteiger partial charge in [0.2, 0.25) is 0 Å². The highest BCUT2D eigenvalue weighted by molar-refractivity contribution is 6.31. The summed E-state index contributed by atoms with van der Waals surface area (Å²) < 4.78 is 26.9. The number of hydrogen-bond donors (Lipinski definition) is 1. The van der Waals surface area contributed by atoms with E-state index in [0.29, 0.717) is 0 Å². The molecule has 0 unspecified atom stereocenters. The molecule has 0 fully saturated rings. The monoisotopic (exact) mass is 233 g/mol. The molecule has 5 heteroatoms. The van der Waals surface area contributed by atoms with Gasteiger partial charge in [-0.2, -0.15) is 0 Å². The van der Waals surface area contributed by atoms with Crippen LogP contribution in [-0.4, -0.2) is 19.4 Å². The number of Topliss-reactive ketones (excluding diaryl/α,β-unsaturated/α-hetero) is 1. The molecule has 15 heavy (non-hydrogen) atoms. The van der Waals surface area contributed by atoms with Crippen molar-refractivity contribution in [1.29, 1.82) is 0 Å². The van der Waals surface area contributed by atoms with Crippen LogP contribution in [0.1, 0.15) is 15.9 Å². The van der Waals surface area contributed by atoms with Crippen LogP contribution in [0.3, 0.4) is 0 Å². The van der Waals surface area contributed by atoms with Gasteiger partial charge < -0.3 is 5.32 Å². The van der Waals surface area contributed by atoms with E-state index in [2.05, 4.69) is 5.32 Å². The predicted octanol–water partition coefficient (Wildman–Crippen LogP) is 2.33. The molecule has 1 aromatic rings. The van der Waals surface area contributed by atoms with E-state index in [1.807, 2.05) is 0 Å². The molecule has 2 nitrogen and oxygen atoms in total. The van der Waals surface area contributed by atoms with Gasteiger partial charge in [-0.1, -0.05) is 11.6 Å². The maximum atomic E-state index is 13.5. The van der Waals surface area contributed by atoms with Crippen molar-refractivity contribution in [3.63, 3.8) is 0 Å². The van der Waals surface area contributed by atoms with E-state index in [9.17, 15) is 13.6 Å². The van der Waals surface area contributed by atoms with Gasteiger partial charge in [-0.05, 0) is 25.6 Å². The van der Waals surface area contributed by atoms with E-state index >= 15 is 0 Å². The lowest BCUT2D eigenvalue weighted by Gasteiger charge is -2.07. The summed E-state index contributed by atoms with van der Waals surface area (Å²) in [6.07, 6.45) is 0. The number of aryl methyl sites for hydroxylation is 1. The summed E-state index contributed by atoms with van der Waals surface area (Å²) in [6, 6.07) is 1.16. The van der Waals surface area contributed by atoms with Gasteiger partial charge in [0.15, 0.2) is 11.6 Å². The summed E-state index contributed by atoms with van der Waals surface area (Å²) in [5.41, 5.74) is -0.421. The molecule has 1 rings (SSSR count). The first kappa shape index (κ1) is 12.1. The van der Waals surface area contributed by atoms with E-state index in [1.165, 1.54) is 14.0 Å². The highest BCUT2D eigenvalue weighted by Gasteiger charge is 2.21. The Morgan fingerprint density at radius 3 is 2.60 bits per heavy atom. The molecule has 0 aromatic heterocycles. The quantitative estimate of drug-likeness (QED) is 0.641. The van der Waals surface area contributed by atoms with E-state index in [4.69, 9.17) is 11.6 Å². The Morgan fingerprint density at radius 2 is 2.07 bits per heavy atom. The molecule has 0 aliphatic rings. The minimum absolute atomic E-state index is 0.131. The lowest BCUT2D eigenvalue weighted by molar-refractivity contribution is 0.0985. The Labute approximate surface area is 91.2 Å². The SMILES string of the molecule is CNCC(=O)c1c(F)c(C)cc(Cl)c1F. The van der Waals surface area contributed by atoms with Crippen molar-refractivity contribution in [3.05, 3.63) is 33.9 Å². The summed E-state index contributed by atoms with van der Waals surface area (Å²) in [6.45, 7) is 1.30. The largest absolute Gasteiger partial charge is 0.313 e. The molecule has 1 aromatic carbocycles. The molecule has 82 valence electrons. The minimum Gasteiger partial charge on any atom is -0.313 e. The molecule has 0 bridgehead atoms. The molecular formula is C10H10ClF2NO. The Kier molecular flexibility index (Phi) is 3.77. The van der Waals surface area contributed by atoms with Crippen molar-refractivity contribution in [2.24, 2.45) is 0 Å². The number of rotatable bonds is 3. The second-order valence-corrected chi connectivity index (χ2v) is 3.54. The maximum absolute atomic E-state index is 13.5. The lowest BCUT2D eigenvalue weighted by Crippen LogP contribution is -2.21. The van der Waals surface area contributed by atoms with Gasteiger partial charge in [0, 0.05) is 0 Å².